The Balaban J connectivity index is 2.24. The molecule has 1 aromatic rings. The number of hydrogen-bond donors (Lipinski definition) is 1. The molecule has 0 aromatic heterocycles. The molecule has 0 saturated carbocycles. The van der Waals surface area contributed by atoms with Crippen LogP contribution in [0, 0.1) is 5.92 Å². The summed E-state index contributed by atoms with van der Waals surface area (Å²) >= 11 is 10.7. The molecule has 0 spiro atoms. The van der Waals surface area contributed by atoms with Gasteiger partial charge in [0.1, 0.15) is 0 Å². The molecule has 0 bridgehead atoms. The van der Waals surface area contributed by atoms with E-state index < -0.39 is 10.0 Å². The van der Waals surface area contributed by atoms with Crippen LogP contribution in [-0.2, 0) is 10.0 Å². The van der Waals surface area contributed by atoms with Gasteiger partial charge >= 0.3 is 0 Å². The Morgan fingerprint density at radius 3 is 2.58 bits per heavy atom. The molecule has 1 atom stereocenters. The summed E-state index contributed by atoms with van der Waals surface area (Å²) in [6.45, 7) is 0.865. The zero-order valence-corrected chi connectivity index (χ0v) is 12.6. The lowest BCUT2D eigenvalue weighted by atomic mass is 10.0. The molecule has 2 rings (SSSR count). The Hall–Kier alpha value is -0.690. The van der Waals surface area contributed by atoms with Crippen LogP contribution in [0.5, 0.6) is 0 Å². The van der Waals surface area contributed by atoms with Crippen LogP contribution in [0.2, 0.25) is 5.02 Å². The van der Waals surface area contributed by atoms with Gasteiger partial charge in [-0.25, -0.2) is 8.42 Å². The van der Waals surface area contributed by atoms with Gasteiger partial charge in [-0.15, -0.1) is 0 Å². The minimum Gasteiger partial charge on any atom is -0.393 e. The second-order valence-corrected chi connectivity index (χ2v) is 7.40. The molecule has 0 radical (unpaired) electrons. The number of rotatable bonds is 3. The second-order valence-electron chi connectivity index (χ2n) is 4.56. The zero-order valence-electron chi connectivity index (χ0n) is 10.3. The molecule has 104 valence electrons. The zero-order chi connectivity index (χ0) is 14.0. The standard InChI is InChI=1S/C12H15ClN2O2S2/c13-10-3-5-11(6-4-10)19(16,17)15-7-1-2-9(8-15)12(14)18/h3-6,9H,1-2,7-8H2,(H2,14,18). The van der Waals surface area contributed by atoms with Crippen molar-refractivity contribution in [2.24, 2.45) is 11.7 Å². The minimum absolute atomic E-state index is 0.0363. The molecule has 1 fully saturated rings. The first-order valence-corrected chi connectivity index (χ1v) is 8.19. The molecule has 1 aliphatic heterocycles. The van der Waals surface area contributed by atoms with E-state index in [1.807, 2.05) is 0 Å². The van der Waals surface area contributed by atoms with Crippen LogP contribution in [0.4, 0.5) is 0 Å². The Morgan fingerprint density at radius 1 is 1.37 bits per heavy atom. The van der Waals surface area contributed by atoms with Crippen LogP contribution in [0.15, 0.2) is 29.2 Å². The fourth-order valence-electron chi connectivity index (χ4n) is 2.15. The SMILES string of the molecule is NC(=S)C1CCCN(S(=O)(=O)c2ccc(Cl)cc2)C1. The molecule has 1 unspecified atom stereocenters. The van der Waals surface area contributed by atoms with Crippen molar-refractivity contribution in [1.82, 2.24) is 4.31 Å². The van der Waals surface area contributed by atoms with Crippen LogP contribution in [0.25, 0.3) is 0 Å². The van der Waals surface area contributed by atoms with Crippen LogP contribution >= 0.6 is 23.8 Å². The number of hydrogen-bond acceptors (Lipinski definition) is 3. The lowest BCUT2D eigenvalue weighted by Crippen LogP contribution is -2.43. The highest BCUT2D eigenvalue weighted by Crippen LogP contribution is 2.24. The predicted octanol–water partition coefficient (Wildman–Crippen LogP) is 2.03. The third-order valence-electron chi connectivity index (χ3n) is 3.24. The number of thiocarbonyl (C=S) groups is 1. The highest BCUT2D eigenvalue weighted by atomic mass is 35.5. The fourth-order valence-corrected chi connectivity index (χ4v) is 3.99. The fraction of sp³-hybridized carbons (Fsp3) is 0.417. The van der Waals surface area contributed by atoms with Crippen LogP contribution in [0.1, 0.15) is 12.8 Å². The summed E-state index contributed by atoms with van der Waals surface area (Å²) in [5, 5.41) is 0.513. The Bertz CT molecular complexity index is 572. The van der Waals surface area contributed by atoms with Crippen LogP contribution < -0.4 is 5.73 Å². The molecule has 1 heterocycles. The summed E-state index contributed by atoms with van der Waals surface area (Å²) in [6, 6.07) is 6.18. The van der Waals surface area contributed by atoms with Crippen molar-refractivity contribution in [2.75, 3.05) is 13.1 Å². The van der Waals surface area contributed by atoms with Gasteiger partial charge in [-0.3, -0.25) is 0 Å². The molecular formula is C12H15ClN2O2S2. The quantitative estimate of drug-likeness (QED) is 0.866. The molecule has 19 heavy (non-hydrogen) atoms. The first-order chi connectivity index (χ1) is 8.91. The van der Waals surface area contributed by atoms with Gasteiger partial charge in [-0.1, -0.05) is 23.8 Å². The van der Waals surface area contributed by atoms with Crippen molar-refractivity contribution in [3.63, 3.8) is 0 Å². The average Bonchev–Trinajstić information content (AvgIpc) is 2.39. The second kappa shape index (κ2) is 5.75. The van der Waals surface area contributed by atoms with E-state index in [1.165, 1.54) is 16.4 Å². The van der Waals surface area contributed by atoms with E-state index in [1.54, 1.807) is 12.1 Å². The topological polar surface area (TPSA) is 63.4 Å². The Morgan fingerprint density at radius 2 is 2.00 bits per heavy atom. The first-order valence-electron chi connectivity index (χ1n) is 5.96. The van der Waals surface area contributed by atoms with Gasteiger partial charge < -0.3 is 5.73 Å². The highest BCUT2D eigenvalue weighted by molar-refractivity contribution is 7.89. The third kappa shape index (κ3) is 3.25. The van der Waals surface area contributed by atoms with E-state index in [-0.39, 0.29) is 10.8 Å². The number of piperidine rings is 1. The van der Waals surface area contributed by atoms with Gasteiger partial charge in [-0.05, 0) is 37.1 Å². The van der Waals surface area contributed by atoms with Gasteiger partial charge in [0.05, 0.1) is 9.88 Å². The summed E-state index contributed by atoms with van der Waals surface area (Å²) in [5.41, 5.74) is 5.62. The third-order valence-corrected chi connectivity index (χ3v) is 5.70. The number of nitrogens with two attached hydrogens (primary N) is 1. The Kier molecular flexibility index (Phi) is 4.45. The maximum absolute atomic E-state index is 12.5. The first kappa shape index (κ1) is 14.7. The Labute approximate surface area is 123 Å². The average molecular weight is 319 g/mol. The summed E-state index contributed by atoms with van der Waals surface area (Å²) in [6.07, 6.45) is 1.62. The lowest BCUT2D eigenvalue weighted by Gasteiger charge is -2.31. The van der Waals surface area contributed by atoms with Gasteiger partial charge in [-0.2, -0.15) is 4.31 Å². The molecule has 1 saturated heterocycles. The van der Waals surface area contributed by atoms with E-state index in [2.05, 4.69) is 0 Å². The molecule has 4 nitrogen and oxygen atoms in total. The van der Waals surface area contributed by atoms with Crippen molar-refractivity contribution >= 4 is 38.8 Å². The van der Waals surface area contributed by atoms with Gasteiger partial charge in [0.25, 0.3) is 0 Å². The smallest absolute Gasteiger partial charge is 0.243 e. The van der Waals surface area contributed by atoms with E-state index in [9.17, 15) is 8.42 Å². The van der Waals surface area contributed by atoms with Crippen molar-refractivity contribution in [3.05, 3.63) is 29.3 Å². The number of benzene rings is 1. The monoisotopic (exact) mass is 318 g/mol. The molecule has 2 N–H and O–H groups in total. The van der Waals surface area contributed by atoms with Crippen LogP contribution in [0.3, 0.4) is 0 Å². The maximum Gasteiger partial charge on any atom is 0.243 e. The summed E-state index contributed by atoms with van der Waals surface area (Å²) in [7, 11) is -3.49. The summed E-state index contributed by atoms with van der Waals surface area (Å²) in [4.78, 5) is 0.636. The predicted molar refractivity (Wildman–Crippen MR) is 79.7 cm³/mol. The number of halogens is 1. The van der Waals surface area contributed by atoms with Crippen molar-refractivity contribution in [3.8, 4) is 0 Å². The largest absolute Gasteiger partial charge is 0.393 e. The van der Waals surface area contributed by atoms with E-state index in [4.69, 9.17) is 29.6 Å². The van der Waals surface area contributed by atoms with Crippen molar-refractivity contribution < 1.29 is 8.42 Å². The molecule has 0 aliphatic carbocycles. The highest BCUT2D eigenvalue weighted by Gasteiger charge is 2.31. The van der Waals surface area contributed by atoms with Gasteiger partial charge in [0, 0.05) is 24.0 Å². The van der Waals surface area contributed by atoms with E-state index in [0.29, 0.717) is 23.1 Å². The molecule has 0 amide bonds. The van der Waals surface area contributed by atoms with Gasteiger partial charge in [0.2, 0.25) is 10.0 Å². The molecule has 7 heteroatoms. The molecular weight excluding hydrogens is 304 g/mol. The maximum atomic E-state index is 12.5. The molecule has 1 aromatic carbocycles. The van der Waals surface area contributed by atoms with Gasteiger partial charge in [0.15, 0.2) is 0 Å². The minimum atomic E-state index is -3.49. The normalized spacial score (nSPS) is 21.2. The number of sulfonamides is 1. The van der Waals surface area contributed by atoms with Crippen LogP contribution in [-0.4, -0.2) is 30.8 Å². The summed E-state index contributed by atoms with van der Waals surface area (Å²) in [5.74, 6) is -0.0363. The lowest BCUT2D eigenvalue weighted by molar-refractivity contribution is 0.312. The summed E-state index contributed by atoms with van der Waals surface area (Å²) < 4.78 is 26.4. The van der Waals surface area contributed by atoms with E-state index >= 15 is 0 Å². The van der Waals surface area contributed by atoms with Crippen molar-refractivity contribution in [2.45, 2.75) is 17.7 Å². The number of nitrogens with zero attached hydrogens (tertiary/aromatic N) is 1. The molecule has 1 aliphatic rings. The van der Waals surface area contributed by atoms with E-state index in [0.717, 1.165) is 12.8 Å². The van der Waals surface area contributed by atoms with Crippen molar-refractivity contribution in [1.29, 1.82) is 0 Å².